The third-order valence-corrected chi connectivity index (χ3v) is 2.32. The SMILES string of the molecule is CC(O)c1oc(C(F)(F)F)nc1-c1ccccc1. The molecule has 2 rings (SSSR count). The average molecular weight is 257 g/mol. The Labute approximate surface area is 101 Å². The van der Waals surface area contributed by atoms with Crippen molar-refractivity contribution in [2.24, 2.45) is 0 Å². The van der Waals surface area contributed by atoms with Crippen LogP contribution < -0.4 is 0 Å². The van der Waals surface area contributed by atoms with Gasteiger partial charge in [-0.1, -0.05) is 30.3 Å². The molecule has 2 aromatic rings. The summed E-state index contributed by atoms with van der Waals surface area (Å²) in [6.07, 6.45) is -5.83. The van der Waals surface area contributed by atoms with Crippen molar-refractivity contribution in [2.45, 2.75) is 19.2 Å². The summed E-state index contributed by atoms with van der Waals surface area (Å²) in [4.78, 5) is 3.42. The van der Waals surface area contributed by atoms with Gasteiger partial charge in [0.2, 0.25) is 0 Å². The van der Waals surface area contributed by atoms with E-state index in [9.17, 15) is 18.3 Å². The van der Waals surface area contributed by atoms with Crippen molar-refractivity contribution >= 4 is 0 Å². The van der Waals surface area contributed by atoms with Gasteiger partial charge < -0.3 is 9.52 Å². The summed E-state index contributed by atoms with van der Waals surface area (Å²) >= 11 is 0. The molecule has 0 saturated heterocycles. The van der Waals surface area contributed by atoms with Gasteiger partial charge in [-0.05, 0) is 6.92 Å². The van der Waals surface area contributed by atoms with Gasteiger partial charge in [0, 0.05) is 5.56 Å². The van der Waals surface area contributed by atoms with E-state index in [1.54, 1.807) is 30.3 Å². The molecule has 0 bridgehead atoms. The fourth-order valence-electron chi connectivity index (χ4n) is 1.54. The second kappa shape index (κ2) is 4.45. The monoisotopic (exact) mass is 257 g/mol. The number of aliphatic hydroxyl groups is 1. The number of hydrogen-bond donors (Lipinski definition) is 1. The summed E-state index contributed by atoms with van der Waals surface area (Å²) in [6.45, 7) is 1.33. The fraction of sp³-hybridized carbons (Fsp3) is 0.250. The molecule has 3 nitrogen and oxygen atoms in total. The lowest BCUT2D eigenvalue weighted by molar-refractivity contribution is -0.157. The van der Waals surface area contributed by atoms with E-state index < -0.39 is 18.2 Å². The number of aliphatic hydroxyl groups excluding tert-OH is 1. The van der Waals surface area contributed by atoms with Crippen LogP contribution in [0.2, 0.25) is 0 Å². The maximum Gasteiger partial charge on any atom is 0.468 e. The average Bonchev–Trinajstić information content (AvgIpc) is 2.74. The number of oxazole rings is 1. The molecule has 1 aromatic heterocycles. The van der Waals surface area contributed by atoms with E-state index in [1.165, 1.54) is 6.92 Å². The van der Waals surface area contributed by atoms with E-state index in [2.05, 4.69) is 9.40 Å². The number of alkyl halides is 3. The zero-order valence-corrected chi connectivity index (χ0v) is 9.40. The lowest BCUT2D eigenvalue weighted by Gasteiger charge is -2.02. The summed E-state index contributed by atoms with van der Waals surface area (Å²) in [5, 5.41) is 9.44. The molecule has 18 heavy (non-hydrogen) atoms. The smallest absolute Gasteiger partial charge is 0.435 e. The molecule has 0 aliphatic heterocycles. The molecule has 0 amide bonds. The van der Waals surface area contributed by atoms with Crippen molar-refractivity contribution in [3.05, 3.63) is 42.0 Å². The second-order valence-electron chi connectivity index (χ2n) is 3.77. The molecular weight excluding hydrogens is 247 g/mol. The third-order valence-electron chi connectivity index (χ3n) is 2.32. The highest BCUT2D eigenvalue weighted by Crippen LogP contribution is 2.35. The summed E-state index contributed by atoms with van der Waals surface area (Å²) in [5.74, 6) is -1.54. The molecule has 1 unspecified atom stereocenters. The zero-order valence-electron chi connectivity index (χ0n) is 9.40. The predicted molar refractivity (Wildman–Crippen MR) is 57.6 cm³/mol. The summed E-state index contributed by atoms with van der Waals surface area (Å²) < 4.78 is 42.2. The highest BCUT2D eigenvalue weighted by atomic mass is 19.4. The van der Waals surface area contributed by atoms with Gasteiger partial charge >= 0.3 is 12.1 Å². The van der Waals surface area contributed by atoms with Crippen molar-refractivity contribution in [2.75, 3.05) is 0 Å². The second-order valence-corrected chi connectivity index (χ2v) is 3.77. The number of rotatable bonds is 2. The molecule has 1 atom stereocenters. The van der Waals surface area contributed by atoms with Gasteiger partial charge in [-0.15, -0.1) is 0 Å². The van der Waals surface area contributed by atoms with Crippen LogP contribution >= 0.6 is 0 Å². The Morgan fingerprint density at radius 3 is 2.33 bits per heavy atom. The summed E-state index contributed by atoms with van der Waals surface area (Å²) in [7, 11) is 0. The molecule has 0 saturated carbocycles. The predicted octanol–water partition coefficient (Wildman–Crippen LogP) is 3.41. The van der Waals surface area contributed by atoms with Crippen LogP contribution in [0.4, 0.5) is 13.2 Å². The van der Waals surface area contributed by atoms with Crippen LogP contribution in [-0.4, -0.2) is 10.1 Å². The van der Waals surface area contributed by atoms with E-state index >= 15 is 0 Å². The number of benzene rings is 1. The first kappa shape index (κ1) is 12.6. The van der Waals surface area contributed by atoms with Crippen LogP contribution in [-0.2, 0) is 6.18 Å². The van der Waals surface area contributed by atoms with E-state index in [-0.39, 0.29) is 11.5 Å². The molecule has 1 heterocycles. The highest BCUT2D eigenvalue weighted by Gasteiger charge is 2.39. The van der Waals surface area contributed by atoms with Gasteiger partial charge in [0.15, 0.2) is 5.76 Å². The molecule has 1 N–H and O–H groups in total. The molecule has 0 aliphatic rings. The number of halogens is 3. The van der Waals surface area contributed by atoms with Gasteiger partial charge in [-0.25, -0.2) is 4.98 Å². The maximum atomic E-state index is 12.5. The first-order valence-corrected chi connectivity index (χ1v) is 5.21. The van der Waals surface area contributed by atoms with Crippen LogP contribution in [0.15, 0.2) is 34.7 Å². The van der Waals surface area contributed by atoms with Gasteiger partial charge in [-0.3, -0.25) is 0 Å². The number of hydrogen-bond acceptors (Lipinski definition) is 3. The van der Waals surface area contributed by atoms with Gasteiger partial charge in [0.05, 0.1) is 0 Å². The largest absolute Gasteiger partial charge is 0.468 e. The van der Waals surface area contributed by atoms with E-state index in [0.29, 0.717) is 5.56 Å². The minimum absolute atomic E-state index is 0.0120. The van der Waals surface area contributed by atoms with Crippen LogP contribution in [0.25, 0.3) is 11.3 Å². The van der Waals surface area contributed by atoms with Crippen molar-refractivity contribution in [1.29, 1.82) is 0 Å². The van der Waals surface area contributed by atoms with E-state index in [4.69, 9.17) is 0 Å². The molecule has 0 aliphatic carbocycles. The van der Waals surface area contributed by atoms with Crippen molar-refractivity contribution in [3.8, 4) is 11.3 Å². The Morgan fingerprint density at radius 2 is 1.83 bits per heavy atom. The van der Waals surface area contributed by atoms with E-state index in [1.807, 2.05) is 0 Å². The van der Waals surface area contributed by atoms with Crippen molar-refractivity contribution in [1.82, 2.24) is 4.98 Å². The Hall–Kier alpha value is -1.82. The lowest BCUT2D eigenvalue weighted by Crippen LogP contribution is -2.04. The first-order chi connectivity index (χ1) is 8.39. The zero-order chi connectivity index (χ0) is 13.3. The highest BCUT2D eigenvalue weighted by molar-refractivity contribution is 5.61. The Balaban J connectivity index is 2.56. The fourth-order valence-corrected chi connectivity index (χ4v) is 1.54. The van der Waals surface area contributed by atoms with Gasteiger partial charge in [0.1, 0.15) is 11.8 Å². The van der Waals surface area contributed by atoms with Crippen molar-refractivity contribution < 1.29 is 22.7 Å². The van der Waals surface area contributed by atoms with Crippen LogP contribution in [0, 0.1) is 0 Å². The maximum absolute atomic E-state index is 12.5. The minimum atomic E-state index is -4.67. The molecule has 0 fully saturated rings. The third kappa shape index (κ3) is 2.38. The topological polar surface area (TPSA) is 46.3 Å². The van der Waals surface area contributed by atoms with Crippen LogP contribution in [0.3, 0.4) is 0 Å². The van der Waals surface area contributed by atoms with E-state index in [0.717, 1.165) is 0 Å². The molecule has 96 valence electrons. The van der Waals surface area contributed by atoms with Crippen LogP contribution in [0.5, 0.6) is 0 Å². The number of nitrogens with zero attached hydrogens (tertiary/aromatic N) is 1. The number of aromatic nitrogens is 1. The standard InChI is InChI=1S/C12H10F3NO2/c1-7(17)10-9(8-5-3-2-4-6-8)16-11(18-10)12(13,14)15/h2-7,17H,1H3. The Bertz CT molecular complexity index is 532. The molecule has 6 heteroatoms. The van der Waals surface area contributed by atoms with Crippen molar-refractivity contribution in [3.63, 3.8) is 0 Å². The quantitative estimate of drug-likeness (QED) is 0.896. The van der Waals surface area contributed by atoms with Crippen LogP contribution in [0.1, 0.15) is 24.7 Å². The van der Waals surface area contributed by atoms with Gasteiger partial charge in [-0.2, -0.15) is 13.2 Å². The molecule has 0 spiro atoms. The lowest BCUT2D eigenvalue weighted by atomic mass is 10.1. The molecule has 1 aromatic carbocycles. The summed E-state index contributed by atoms with van der Waals surface area (Å²) in [5.41, 5.74) is 0.477. The Kier molecular flexibility index (Phi) is 3.13. The van der Waals surface area contributed by atoms with Gasteiger partial charge in [0.25, 0.3) is 0 Å². The normalized spacial score (nSPS) is 13.6. The molecule has 0 radical (unpaired) electrons. The Morgan fingerprint density at radius 1 is 1.22 bits per heavy atom. The minimum Gasteiger partial charge on any atom is -0.435 e. The summed E-state index contributed by atoms with van der Waals surface area (Å²) in [6, 6.07) is 8.27. The molecular formula is C12H10F3NO2. The first-order valence-electron chi connectivity index (χ1n) is 5.21.